The highest BCUT2D eigenvalue weighted by Crippen LogP contribution is 2.20. The number of aliphatic hydroxyl groups is 1. The van der Waals surface area contributed by atoms with Gasteiger partial charge in [-0.25, -0.2) is 9.97 Å². The standard InChI is InChI=1S/C12H17BrN4O2/c1-8-6-16(11(19)7-18)3-4-17(8)12-14-5-10(13)9(2)15-12/h5,8,18H,3-4,6-7H2,1-2H3. The fourth-order valence-corrected chi connectivity index (χ4v) is 2.35. The van der Waals surface area contributed by atoms with Gasteiger partial charge in [-0.3, -0.25) is 4.79 Å². The topological polar surface area (TPSA) is 69.6 Å². The Bertz CT molecular complexity index is 483. The van der Waals surface area contributed by atoms with Gasteiger partial charge in [0.25, 0.3) is 0 Å². The molecule has 6 nitrogen and oxygen atoms in total. The maximum absolute atomic E-state index is 11.5. The largest absolute Gasteiger partial charge is 0.387 e. The average Bonchev–Trinajstić information content (AvgIpc) is 2.41. The van der Waals surface area contributed by atoms with Gasteiger partial charge in [0.2, 0.25) is 11.9 Å². The number of hydrogen-bond donors (Lipinski definition) is 1. The fraction of sp³-hybridized carbons (Fsp3) is 0.583. The highest BCUT2D eigenvalue weighted by atomic mass is 79.9. The van der Waals surface area contributed by atoms with E-state index in [1.807, 2.05) is 13.8 Å². The first-order valence-corrected chi connectivity index (χ1v) is 6.96. The molecule has 0 spiro atoms. The van der Waals surface area contributed by atoms with Crippen LogP contribution in [0.3, 0.4) is 0 Å². The van der Waals surface area contributed by atoms with Crippen LogP contribution >= 0.6 is 15.9 Å². The molecule has 104 valence electrons. The number of rotatable bonds is 2. The predicted molar refractivity (Wildman–Crippen MR) is 74.9 cm³/mol. The molecule has 2 heterocycles. The lowest BCUT2D eigenvalue weighted by atomic mass is 10.2. The second kappa shape index (κ2) is 5.83. The molecule has 1 unspecified atom stereocenters. The van der Waals surface area contributed by atoms with Crippen LogP contribution in [0, 0.1) is 6.92 Å². The molecular weight excluding hydrogens is 312 g/mol. The van der Waals surface area contributed by atoms with Crippen molar-refractivity contribution in [3.8, 4) is 0 Å². The molecule has 1 aliphatic rings. The molecule has 1 N–H and O–H groups in total. The van der Waals surface area contributed by atoms with Crippen LogP contribution in [-0.2, 0) is 4.79 Å². The highest BCUT2D eigenvalue weighted by Gasteiger charge is 2.27. The van der Waals surface area contributed by atoms with Crippen molar-refractivity contribution < 1.29 is 9.90 Å². The molecule has 1 aromatic heterocycles. The van der Waals surface area contributed by atoms with Crippen molar-refractivity contribution in [2.24, 2.45) is 0 Å². The van der Waals surface area contributed by atoms with Gasteiger partial charge in [-0.15, -0.1) is 0 Å². The normalized spacial score (nSPS) is 19.7. The van der Waals surface area contributed by atoms with Crippen molar-refractivity contribution in [2.75, 3.05) is 31.1 Å². The molecule has 7 heteroatoms. The molecule has 0 aliphatic carbocycles. The zero-order chi connectivity index (χ0) is 14.0. The van der Waals surface area contributed by atoms with Gasteiger partial charge >= 0.3 is 0 Å². The fourth-order valence-electron chi connectivity index (χ4n) is 2.16. The van der Waals surface area contributed by atoms with Gasteiger partial charge in [0, 0.05) is 31.9 Å². The Morgan fingerprint density at radius 2 is 2.32 bits per heavy atom. The van der Waals surface area contributed by atoms with Crippen LogP contribution in [0.25, 0.3) is 0 Å². The third-order valence-electron chi connectivity index (χ3n) is 3.28. The number of carbonyl (C=O) groups excluding carboxylic acids is 1. The second-order valence-electron chi connectivity index (χ2n) is 4.64. The monoisotopic (exact) mass is 328 g/mol. The summed E-state index contributed by atoms with van der Waals surface area (Å²) >= 11 is 3.38. The van der Waals surface area contributed by atoms with Crippen molar-refractivity contribution in [1.82, 2.24) is 14.9 Å². The summed E-state index contributed by atoms with van der Waals surface area (Å²) in [7, 11) is 0. The summed E-state index contributed by atoms with van der Waals surface area (Å²) in [6.07, 6.45) is 1.75. The molecule has 1 fully saturated rings. The second-order valence-corrected chi connectivity index (χ2v) is 5.50. The van der Waals surface area contributed by atoms with E-state index in [1.54, 1.807) is 11.1 Å². The molecule has 1 saturated heterocycles. The smallest absolute Gasteiger partial charge is 0.248 e. The molecule has 1 atom stereocenters. The van der Waals surface area contributed by atoms with Gasteiger partial charge in [-0.2, -0.15) is 0 Å². The summed E-state index contributed by atoms with van der Waals surface area (Å²) in [4.78, 5) is 24.0. The number of carbonyl (C=O) groups is 1. The molecule has 0 radical (unpaired) electrons. The van der Waals surface area contributed by atoms with E-state index in [0.29, 0.717) is 25.6 Å². The van der Waals surface area contributed by atoms with Gasteiger partial charge in [-0.05, 0) is 29.8 Å². The van der Waals surface area contributed by atoms with Gasteiger partial charge in [0.05, 0.1) is 10.2 Å². The van der Waals surface area contributed by atoms with Crippen LogP contribution in [0.2, 0.25) is 0 Å². The molecule has 1 amide bonds. The Kier molecular flexibility index (Phi) is 4.36. The van der Waals surface area contributed by atoms with Crippen LogP contribution in [0.4, 0.5) is 5.95 Å². The van der Waals surface area contributed by atoms with Gasteiger partial charge < -0.3 is 14.9 Å². The third-order valence-corrected chi connectivity index (χ3v) is 4.06. The Balaban J connectivity index is 2.11. The maximum Gasteiger partial charge on any atom is 0.248 e. The summed E-state index contributed by atoms with van der Waals surface area (Å²) in [6, 6.07) is 0.129. The van der Waals surface area contributed by atoms with E-state index >= 15 is 0 Å². The Morgan fingerprint density at radius 1 is 1.58 bits per heavy atom. The first-order valence-electron chi connectivity index (χ1n) is 6.17. The van der Waals surface area contributed by atoms with Gasteiger partial charge in [-0.1, -0.05) is 0 Å². The molecule has 0 aromatic carbocycles. The number of nitrogens with zero attached hydrogens (tertiary/aromatic N) is 4. The molecule has 19 heavy (non-hydrogen) atoms. The van der Waals surface area contributed by atoms with Crippen molar-refractivity contribution in [3.05, 3.63) is 16.4 Å². The van der Waals surface area contributed by atoms with E-state index in [1.165, 1.54) is 0 Å². The van der Waals surface area contributed by atoms with Crippen molar-refractivity contribution in [3.63, 3.8) is 0 Å². The van der Waals surface area contributed by atoms with E-state index in [9.17, 15) is 4.79 Å². The number of aryl methyl sites for hydroxylation is 1. The third kappa shape index (κ3) is 3.03. The molecule has 0 saturated carbocycles. The van der Waals surface area contributed by atoms with Crippen LogP contribution in [0.15, 0.2) is 10.7 Å². The maximum atomic E-state index is 11.5. The van der Waals surface area contributed by atoms with Crippen LogP contribution in [-0.4, -0.2) is 58.2 Å². The summed E-state index contributed by atoms with van der Waals surface area (Å²) in [5.41, 5.74) is 0.895. The number of aromatic nitrogens is 2. The average molecular weight is 329 g/mol. The lowest BCUT2D eigenvalue weighted by Crippen LogP contribution is -2.54. The van der Waals surface area contributed by atoms with Crippen molar-refractivity contribution in [2.45, 2.75) is 19.9 Å². The molecule has 1 aliphatic heterocycles. The Morgan fingerprint density at radius 3 is 2.89 bits per heavy atom. The van der Waals surface area contributed by atoms with E-state index in [0.717, 1.165) is 10.2 Å². The van der Waals surface area contributed by atoms with E-state index in [2.05, 4.69) is 30.8 Å². The van der Waals surface area contributed by atoms with Crippen molar-refractivity contribution >= 4 is 27.8 Å². The Labute approximate surface area is 120 Å². The zero-order valence-corrected chi connectivity index (χ0v) is 12.6. The number of aliphatic hydroxyl groups excluding tert-OH is 1. The minimum atomic E-state index is -0.430. The predicted octanol–water partition coefficient (Wildman–Crippen LogP) is 0.577. The Hall–Kier alpha value is -1.21. The SMILES string of the molecule is Cc1nc(N2CCN(C(=O)CO)CC2C)ncc1Br. The highest BCUT2D eigenvalue weighted by molar-refractivity contribution is 9.10. The molecule has 0 bridgehead atoms. The number of hydrogen-bond acceptors (Lipinski definition) is 5. The first-order chi connectivity index (χ1) is 9.02. The number of amides is 1. The molecule has 1 aromatic rings. The van der Waals surface area contributed by atoms with Gasteiger partial charge in [0.15, 0.2) is 0 Å². The summed E-state index contributed by atoms with van der Waals surface area (Å²) in [6.45, 7) is 5.36. The van der Waals surface area contributed by atoms with Gasteiger partial charge in [0.1, 0.15) is 6.61 Å². The van der Waals surface area contributed by atoms with Crippen LogP contribution in [0.1, 0.15) is 12.6 Å². The summed E-state index contributed by atoms with van der Waals surface area (Å²) in [5, 5.41) is 8.89. The van der Waals surface area contributed by atoms with E-state index < -0.39 is 6.61 Å². The molecular formula is C12H17BrN4O2. The lowest BCUT2D eigenvalue weighted by Gasteiger charge is -2.39. The van der Waals surface area contributed by atoms with Crippen LogP contribution < -0.4 is 4.90 Å². The number of halogens is 1. The summed E-state index contributed by atoms with van der Waals surface area (Å²) < 4.78 is 0.887. The zero-order valence-electron chi connectivity index (χ0n) is 11.0. The first kappa shape index (κ1) is 14.2. The number of piperazine rings is 1. The van der Waals surface area contributed by atoms with Crippen LogP contribution in [0.5, 0.6) is 0 Å². The lowest BCUT2D eigenvalue weighted by molar-refractivity contribution is -0.134. The van der Waals surface area contributed by atoms with E-state index in [4.69, 9.17) is 5.11 Å². The van der Waals surface area contributed by atoms with Crippen molar-refractivity contribution in [1.29, 1.82) is 0 Å². The quantitative estimate of drug-likeness (QED) is 0.859. The minimum Gasteiger partial charge on any atom is -0.387 e. The minimum absolute atomic E-state index is 0.129. The molecule has 2 rings (SSSR count). The number of anilines is 1. The van der Waals surface area contributed by atoms with E-state index in [-0.39, 0.29) is 11.9 Å². The summed E-state index contributed by atoms with van der Waals surface area (Å²) in [5.74, 6) is 0.462.